The van der Waals surface area contributed by atoms with Gasteiger partial charge in [-0.2, -0.15) is 0 Å². The fourth-order valence-corrected chi connectivity index (χ4v) is 2.92. The first-order chi connectivity index (χ1) is 7.07. The van der Waals surface area contributed by atoms with Gasteiger partial charge in [0, 0.05) is 12.0 Å². The summed E-state index contributed by atoms with van der Waals surface area (Å²) >= 11 is 11.9. The van der Waals surface area contributed by atoms with E-state index in [1.165, 1.54) is 5.56 Å². The van der Waals surface area contributed by atoms with Crippen LogP contribution in [0.2, 0.25) is 10.0 Å². The van der Waals surface area contributed by atoms with Crippen molar-refractivity contribution in [2.75, 3.05) is 6.54 Å². The first-order valence-electron chi connectivity index (χ1n) is 5.23. The normalized spacial score (nSPS) is 30.0. The lowest BCUT2D eigenvalue weighted by atomic mass is 9.59. The number of hydrogen-bond donors (Lipinski definition) is 1. The summed E-state index contributed by atoms with van der Waals surface area (Å²) in [6.45, 7) is 2.95. The highest BCUT2D eigenvalue weighted by molar-refractivity contribution is 6.42. The number of nitrogens with two attached hydrogens (primary N) is 1. The van der Waals surface area contributed by atoms with E-state index in [0.717, 1.165) is 18.8 Å². The van der Waals surface area contributed by atoms with Crippen LogP contribution < -0.4 is 5.73 Å². The summed E-state index contributed by atoms with van der Waals surface area (Å²) in [5.41, 5.74) is 7.26. The molecule has 3 heteroatoms. The Balaban J connectivity index is 2.32. The lowest BCUT2D eigenvalue weighted by molar-refractivity contribution is 0.165. The fourth-order valence-electron chi connectivity index (χ4n) is 2.62. The molecule has 82 valence electrons. The third kappa shape index (κ3) is 1.89. The zero-order valence-corrected chi connectivity index (χ0v) is 10.3. The molecule has 1 aromatic rings. The van der Waals surface area contributed by atoms with Crippen LogP contribution in [0, 0.1) is 5.92 Å². The van der Waals surface area contributed by atoms with Crippen LogP contribution in [0.4, 0.5) is 0 Å². The molecule has 0 saturated heterocycles. The number of hydrogen-bond acceptors (Lipinski definition) is 1. The maximum Gasteiger partial charge on any atom is 0.0595 e. The number of halogens is 2. The molecule has 2 N–H and O–H groups in total. The van der Waals surface area contributed by atoms with Gasteiger partial charge in [0.15, 0.2) is 0 Å². The standard InChI is InChI=1S/C12H15Cl2N/c1-8-5-12(6-8,7-15)9-2-3-10(13)11(14)4-9/h2-4,8H,5-7,15H2,1H3. The zero-order chi connectivity index (χ0) is 11.1. The van der Waals surface area contributed by atoms with Crippen LogP contribution in [-0.2, 0) is 5.41 Å². The van der Waals surface area contributed by atoms with E-state index in [1.807, 2.05) is 18.2 Å². The molecule has 0 radical (unpaired) electrons. The van der Waals surface area contributed by atoms with Crippen LogP contribution in [0.5, 0.6) is 0 Å². The molecular formula is C12H15Cl2N. The summed E-state index contributed by atoms with van der Waals surface area (Å²) in [5.74, 6) is 0.767. The van der Waals surface area contributed by atoms with E-state index in [4.69, 9.17) is 28.9 Å². The molecule has 0 aromatic heterocycles. The molecule has 0 amide bonds. The molecule has 0 bridgehead atoms. The number of rotatable bonds is 2. The van der Waals surface area contributed by atoms with Crippen molar-refractivity contribution in [3.63, 3.8) is 0 Å². The summed E-state index contributed by atoms with van der Waals surface area (Å²) in [6, 6.07) is 5.87. The van der Waals surface area contributed by atoms with Gasteiger partial charge in [-0.25, -0.2) is 0 Å². The monoisotopic (exact) mass is 243 g/mol. The van der Waals surface area contributed by atoms with Crippen LogP contribution in [0.3, 0.4) is 0 Å². The molecule has 0 spiro atoms. The zero-order valence-electron chi connectivity index (χ0n) is 8.76. The number of benzene rings is 1. The summed E-state index contributed by atoms with van der Waals surface area (Å²) in [7, 11) is 0. The van der Waals surface area contributed by atoms with Gasteiger partial charge in [-0.3, -0.25) is 0 Å². The molecule has 1 aliphatic carbocycles. The SMILES string of the molecule is CC1CC(CN)(c2ccc(Cl)c(Cl)c2)C1. The van der Waals surface area contributed by atoms with Gasteiger partial charge in [-0.15, -0.1) is 0 Å². The topological polar surface area (TPSA) is 26.0 Å². The molecule has 1 aromatic carbocycles. The smallest absolute Gasteiger partial charge is 0.0595 e. The first kappa shape index (κ1) is 11.3. The summed E-state index contributed by atoms with van der Waals surface area (Å²) in [4.78, 5) is 0. The molecule has 15 heavy (non-hydrogen) atoms. The maximum absolute atomic E-state index is 6.02. The van der Waals surface area contributed by atoms with Gasteiger partial charge in [0.25, 0.3) is 0 Å². The second-order valence-electron chi connectivity index (χ2n) is 4.63. The van der Waals surface area contributed by atoms with Crippen molar-refractivity contribution < 1.29 is 0 Å². The average Bonchev–Trinajstić information content (AvgIpc) is 2.17. The first-order valence-corrected chi connectivity index (χ1v) is 5.98. The van der Waals surface area contributed by atoms with Crippen molar-refractivity contribution in [2.45, 2.75) is 25.2 Å². The summed E-state index contributed by atoms with van der Waals surface area (Å²) < 4.78 is 0. The highest BCUT2D eigenvalue weighted by atomic mass is 35.5. The van der Waals surface area contributed by atoms with Gasteiger partial charge in [0.1, 0.15) is 0 Å². The van der Waals surface area contributed by atoms with Gasteiger partial charge in [-0.1, -0.05) is 36.2 Å². The Hall–Kier alpha value is -0.240. The molecule has 1 fully saturated rings. The Labute approximate surface area is 101 Å². The minimum atomic E-state index is 0.146. The third-order valence-corrected chi connectivity index (χ3v) is 4.14. The molecule has 0 atom stereocenters. The van der Waals surface area contributed by atoms with Gasteiger partial charge in [0.2, 0.25) is 0 Å². The summed E-state index contributed by atoms with van der Waals surface area (Å²) in [6.07, 6.45) is 2.31. The second kappa shape index (κ2) is 3.97. The highest BCUT2D eigenvalue weighted by Crippen LogP contribution is 2.47. The minimum absolute atomic E-state index is 0.146. The molecular weight excluding hydrogens is 229 g/mol. The highest BCUT2D eigenvalue weighted by Gasteiger charge is 2.42. The molecule has 1 saturated carbocycles. The van der Waals surface area contributed by atoms with Crippen LogP contribution in [0.15, 0.2) is 18.2 Å². The Morgan fingerprint density at radius 3 is 2.47 bits per heavy atom. The van der Waals surface area contributed by atoms with E-state index in [1.54, 1.807) is 0 Å². The van der Waals surface area contributed by atoms with Crippen LogP contribution in [-0.4, -0.2) is 6.54 Å². The van der Waals surface area contributed by atoms with E-state index < -0.39 is 0 Å². The van der Waals surface area contributed by atoms with Crippen molar-refractivity contribution in [2.24, 2.45) is 11.7 Å². The van der Waals surface area contributed by atoms with E-state index >= 15 is 0 Å². The van der Waals surface area contributed by atoms with Crippen LogP contribution >= 0.6 is 23.2 Å². The lowest BCUT2D eigenvalue weighted by Gasteiger charge is -2.46. The van der Waals surface area contributed by atoms with Crippen molar-refractivity contribution >= 4 is 23.2 Å². The van der Waals surface area contributed by atoms with Crippen LogP contribution in [0.1, 0.15) is 25.3 Å². The fraction of sp³-hybridized carbons (Fsp3) is 0.500. The van der Waals surface area contributed by atoms with E-state index in [9.17, 15) is 0 Å². The summed E-state index contributed by atoms with van der Waals surface area (Å²) in [5, 5.41) is 1.24. The lowest BCUT2D eigenvalue weighted by Crippen LogP contribution is -2.46. The Morgan fingerprint density at radius 2 is 2.00 bits per heavy atom. The molecule has 1 nitrogen and oxygen atoms in total. The van der Waals surface area contributed by atoms with Gasteiger partial charge in [0.05, 0.1) is 10.0 Å². The van der Waals surface area contributed by atoms with E-state index in [2.05, 4.69) is 6.92 Å². The Bertz CT molecular complexity index is 370. The molecule has 0 unspecified atom stereocenters. The van der Waals surface area contributed by atoms with Gasteiger partial charge >= 0.3 is 0 Å². The molecule has 1 aliphatic rings. The van der Waals surface area contributed by atoms with Crippen LogP contribution in [0.25, 0.3) is 0 Å². The average molecular weight is 244 g/mol. The van der Waals surface area contributed by atoms with Crippen molar-refractivity contribution in [1.29, 1.82) is 0 Å². The third-order valence-electron chi connectivity index (χ3n) is 3.40. The Kier molecular flexibility index (Phi) is 2.98. The van der Waals surface area contributed by atoms with Crippen molar-refractivity contribution in [3.8, 4) is 0 Å². The van der Waals surface area contributed by atoms with E-state index in [-0.39, 0.29) is 5.41 Å². The minimum Gasteiger partial charge on any atom is -0.330 e. The predicted molar refractivity (Wildman–Crippen MR) is 65.6 cm³/mol. The van der Waals surface area contributed by atoms with E-state index in [0.29, 0.717) is 16.6 Å². The molecule has 0 heterocycles. The maximum atomic E-state index is 6.02. The van der Waals surface area contributed by atoms with Crippen molar-refractivity contribution in [1.82, 2.24) is 0 Å². The Morgan fingerprint density at radius 1 is 1.33 bits per heavy atom. The predicted octanol–water partition coefficient (Wildman–Crippen LogP) is 3.62. The van der Waals surface area contributed by atoms with Crippen molar-refractivity contribution in [3.05, 3.63) is 33.8 Å². The van der Waals surface area contributed by atoms with Gasteiger partial charge < -0.3 is 5.73 Å². The quantitative estimate of drug-likeness (QED) is 0.844. The van der Waals surface area contributed by atoms with Gasteiger partial charge in [-0.05, 0) is 36.5 Å². The molecule has 2 rings (SSSR count). The largest absolute Gasteiger partial charge is 0.330 e. The second-order valence-corrected chi connectivity index (χ2v) is 5.44. The molecule has 0 aliphatic heterocycles.